The second kappa shape index (κ2) is 5.38. The van der Waals surface area contributed by atoms with E-state index in [0.717, 1.165) is 10.2 Å². The summed E-state index contributed by atoms with van der Waals surface area (Å²) in [6.45, 7) is 4.05. The van der Waals surface area contributed by atoms with Crippen molar-refractivity contribution in [3.05, 3.63) is 24.2 Å². The van der Waals surface area contributed by atoms with E-state index in [2.05, 4.69) is 20.2 Å². The lowest BCUT2D eigenvalue weighted by atomic mass is 10.3. The van der Waals surface area contributed by atoms with Gasteiger partial charge in [-0.3, -0.25) is 4.40 Å². The fraction of sp³-hybridized carbons (Fsp3) is 0.385. The molecule has 3 aromatic heterocycles. The van der Waals surface area contributed by atoms with Crippen LogP contribution in [0.2, 0.25) is 0 Å². The second-order valence-corrected chi connectivity index (χ2v) is 6.16. The van der Waals surface area contributed by atoms with E-state index in [4.69, 9.17) is 0 Å². The summed E-state index contributed by atoms with van der Waals surface area (Å²) in [7, 11) is 0. The Morgan fingerprint density at radius 2 is 2.00 bits per heavy atom. The van der Waals surface area contributed by atoms with Crippen molar-refractivity contribution in [3.63, 3.8) is 0 Å². The van der Waals surface area contributed by atoms with Crippen LogP contribution in [0.5, 0.6) is 0 Å². The maximum Gasteiger partial charge on any atom is 0.452 e. The van der Waals surface area contributed by atoms with E-state index >= 15 is 0 Å². The highest BCUT2D eigenvalue weighted by Gasteiger charge is 2.38. The van der Waals surface area contributed by atoms with Crippen LogP contribution in [0.3, 0.4) is 0 Å². The highest BCUT2D eigenvalue weighted by Crippen LogP contribution is 2.32. The van der Waals surface area contributed by atoms with Crippen LogP contribution >= 0.6 is 11.8 Å². The molecule has 0 aliphatic heterocycles. The molecular weight excluding hydrogens is 315 g/mol. The first-order chi connectivity index (χ1) is 10.4. The van der Waals surface area contributed by atoms with Crippen molar-refractivity contribution < 1.29 is 13.2 Å². The zero-order valence-corrected chi connectivity index (χ0v) is 12.6. The fourth-order valence-corrected chi connectivity index (χ4v) is 2.87. The third-order valence-corrected chi connectivity index (χ3v) is 4.24. The molecule has 0 bridgehead atoms. The Morgan fingerprint density at radius 1 is 1.23 bits per heavy atom. The van der Waals surface area contributed by atoms with Gasteiger partial charge in [-0.2, -0.15) is 13.2 Å². The molecule has 0 atom stereocenters. The number of pyridine rings is 1. The molecule has 5 nitrogen and oxygen atoms in total. The van der Waals surface area contributed by atoms with Crippen molar-refractivity contribution in [3.8, 4) is 0 Å². The standard InChI is InChI=1S/C13H12F3N5S/c1-7(2)6-22-11-10-19-20-12(13(14,15)16)21(10)9-8(18-11)4-3-5-17-9/h3-5,7H,6H2,1-2H3. The number of nitrogens with zero attached hydrogens (tertiary/aromatic N) is 5. The van der Waals surface area contributed by atoms with Gasteiger partial charge < -0.3 is 0 Å². The Bertz CT molecular complexity index is 828. The molecular formula is C13H12F3N5S. The smallest absolute Gasteiger partial charge is 0.251 e. The van der Waals surface area contributed by atoms with E-state index < -0.39 is 12.0 Å². The molecule has 0 aliphatic carbocycles. The Hall–Kier alpha value is -1.90. The summed E-state index contributed by atoms with van der Waals surface area (Å²) in [5, 5.41) is 7.41. The lowest BCUT2D eigenvalue weighted by Gasteiger charge is -2.09. The first-order valence-electron chi connectivity index (χ1n) is 6.58. The predicted octanol–water partition coefficient (Wildman–Crippen LogP) is 3.44. The molecule has 0 saturated heterocycles. The molecule has 0 unspecified atom stereocenters. The SMILES string of the molecule is CC(C)CSc1nc2cccnc2n2c(C(F)(F)F)nnc12. The highest BCUT2D eigenvalue weighted by molar-refractivity contribution is 7.99. The number of aromatic nitrogens is 5. The highest BCUT2D eigenvalue weighted by atomic mass is 32.2. The third kappa shape index (κ3) is 2.60. The molecule has 0 saturated carbocycles. The number of fused-ring (bicyclic) bond motifs is 3. The number of halogens is 3. The van der Waals surface area contributed by atoms with Crippen molar-refractivity contribution in [2.75, 3.05) is 5.75 Å². The molecule has 0 fully saturated rings. The van der Waals surface area contributed by atoms with E-state index in [1.165, 1.54) is 18.0 Å². The monoisotopic (exact) mass is 327 g/mol. The van der Waals surface area contributed by atoms with Gasteiger partial charge in [0.2, 0.25) is 5.82 Å². The van der Waals surface area contributed by atoms with Gasteiger partial charge in [0.25, 0.3) is 0 Å². The Morgan fingerprint density at radius 3 is 2.68 bits per heavy atom. The van der Waals surface area contributed by atoms with Crippen LogP contribution < -0.4 is 0 Å². The molecule has 0 amide bonds. The molecule has 116 valence electrons. The minimum Gasteiger partial charge on any atom is -0.251 e. The number of hydrogen-bond acceptors (Lipinski definition) is 5. The van der Waals surface area contributed by atoms with Crippen LogP contribution in [-0.4, -0.2) is 30.3 Å². The van der Waals surface area contributed by atoms with Crippen LogP contribution in [-0.2, 0) is 6.18 Å². The zero-order valence-electron chi connectivity index (χ0n) is 11.8. The van der Waals surface area contributed by atoms with E-state index in [1.54, 1.807) is 12.1 Å². The molecule has 0 N–H and O–H groups in total. The van der Waals surface area contributed by atoms with E-state index in [9.17, 15) is 13.2 Å². The van der Waals surface area contributed by atoms with Crippen molar-refractivity contribution in [1.82, 2.24) is 24.6 Å². The largest absolute Gasteiger partial charge is 0.452 e. The molecule has 0 radical (unpaired) electrons. The van der Waals surface area contributed by atoms with Crippen molar-refractivity contribution in [2.45, 2.75) is 25.0 Å². The average Bonchev–Trinajstić information content (AvgIpc) is 2.90. The van der Waals surface area contributed by atoms with Gasteiger partial charge in [-0.15, -0.1) is 22.0 Å². The summed E-state index contributed by atoms with van der Waals surface area (Å²) in [6.07, 6.45) is -3.18. The molecule has 0 spiro atoms. The Labute approximate surface area is 128 Å². The summed E-state index contributed by atoms with van der Waals surface area (Å²) >= 11 is 1.37. The van der Waals surface area contributed by atoms with Crippen LogP contribution in [0, 0.1) is 5.92 Å². The number of rotatable bonds is 3. The first kappa shape index (κ1) is 15.0. The lowest BCUT2D eigenvalue weighted by molar-refractivity contribution is -0.145. The number of alkyl halides is 3. The van der Waals surface area contributed by atoms with Gasteiger partial charge in [-0.1, -0.05) is 13.8 Å². The van der Waals surface area contributed by atoms with Gasteiger partial charge in [-0.05, 0) is 18.1 Å². The van der Waals surface area contributed by atoms with Gasteiger partial charge in [0.1, 0.15) is 10.5 Å². The molecule has 3 rings (SSSR count). The molecule has 9 heteroatoms. The van der Waals surface area contributed by atoms with E-state index in [-0.39, 0.29) is 11.3 Å². The number of hydrogen-bond donors (Lipinski definition) is 0. The van der Waals surface area contributed by atoms with Gasteiger partial charge in [-0.25, -0.2) is 9.97 Å². The quantitative estimate of drug-likeness (QED) is 0.690. The van der Waals surface area contributed by atoms with E-state index in [1.807, 2.05) is 13.8 Å². The van der Waals surface area contributed by atoms with Crippen LogP contribution in [0.1, 0.15) is 19.7 Å². The molecule has 22 heavy (non-hydrogen) atoms. The van der Waals surface area contributed by atoms with Gasteiger partial charge in [0.15, 0.2) is 11.3 Å². The van der Waals surface area contributed by atoms with Gasteiger partial charge in [0, 0.05) is 11.9 Å². The first-order valence-corrected chi connectivity index (χ1v) is 7.56. The Balaban J connectivity index is 2.30. The normalized spacial score (nSPS) is 12.6. The minimum atomic E-state index is -4.61. The summed E-state index contributed by atoms with van der Waals surface area (Å²) in [6, 6.07) is 3.26. The molecule has 3 aromatic rings. The summed E-state index contributed by atoms with van der Waals surface area (Å²) in [5.74, 6) is 0.0179. The lowest BCUT2D eigenvalue weighted by Crippen LogP contribution is -2.12. The van der Waals surface area contributed by atoms with Crippen LogP contribution in [0.4, 0.5) is 13.2 Å². The van der Waals surface area contributed by atoms with E-state index in [0.29, 0.717) is 16.5 Å². The maximum absolute atomic E-state index is 13.1. The van der Waals surface area contributed by atoms with Crippen LogP contribution in [0.25, 0.3) is 16.8 Å². The third-order valence-electron chi connectivity index (χ3n) is 2.86. The van der Waals surface area contributed by atoms with Crippen LogP contribution in [0.15, 0.2) is 23.4 Å². The second-order valence-electron chi connectivity index (χ2n) is 5.15. The molecule has 3 heterocycles. The predicted molar refractivity (Wildman–Crippen MR) is 76.6 cm³/mol. The Kier molecular flexibility index (Phi) is 3.67. The number of thioether (sulfide) groups is 1. The maximum atomic E-state index is 13.1. The van der Waals surface area contributed by atoms with Crippen molar-refractivity contribution in [1.29, 1.82) is 0 Å². The van der Waals surface area contributed by atoms with Gasteiger partial charge in [0.05, 0.1) is 0 Å². The topological polar surface area (TPSA) is 56.0 Å². The molecule has 0 aliphatic rings. The minimum absolute atomic E-state index is 0.0872. The summed E-state index contributed by atoms with van der Waals surface area (Å²) < 4.78 is 40.4. The fourth-order valence-electron chi connectivity index (χ4n) is 1.96. The zero-order chi connectivity index (χ0) is 15.9. The van der Waals surface area contributed by atoms with Crippen molar-refractivity contribution in [2.24, 2.45) is 5.92 Å². The summed E-state index contributed by atoms with van der Waals surface area (Å²) in [5.41, 5.74) is 0.569. The van der Waals surface area contributed by atoms with Crippen molar-refractivity contribution >= 4 is 28.6 Å². The molecule has 0 aromatic carbocycles. The van der Waals surface area contributed by atoms with Gasteiger partial charge >= 0.3 is 6.18 Å². The average molecular weight is 327 g/mol. The summed E-state index contributed by atoms with van der Waals surface area (Å²) in [4.78, 5) is 8.38.